The number of nitrogens with two attached hydrogens (primary N) is 1. The molecule has 2 aromatic carbocycles. The minimum atomic E-state index is -4.58. The van der Waals surface area contributed by atoms with Crippen molar-refractivity contribution >= 4 is 35.2 Å². The normalized spacial score (nSPS) is 17.8. The van der Waals surface area contributed by atoms with Crippen molar-refractivity contribution < 1.29 is 22.7 Å². The maximum atomic E-state index is 13.2. The molecule has 1 amide bonds. The number of rotatable bonds is 6. The molecule has 1 saturated heterocycles. The zero-order valence-electron chi connectivity index (χ0n) is 22.2. The molecule has 4 N–H and O–H groups in total. The molecule has 0 aliphatic carbocycles. The van der Waals surface area contributed by atoms with Crippen molar-refractivity contribution in [3.8, 4) is 5.75 Å². The average Bonchev–Trinajstić information content (AvgIpc) is 2.94. The summed E-state index contributed by atoms with van der Waals surface area (Å²) in [6.45, 7) is 7.15. The lowest BCUT2D eigenvalue weighted by atomic mass is 10.1. The van der Waals surface area contributed by atoms with Crippen LogP contribution in [0.15, 0.2) is 75.7 Å². The summed E-state index contributed by atoms with van der Waals surface area (Å²) in [5.41, 5.74) is 7.69. The van der Waals surface area contributed by atoms with Crippen LogP contribution >= 0.6 is 0 Å². The maximum absolute atomic E-state index is 13.2. The first-order chi connectivity index (χ1) is 19.1. The van der Waals surface area contributed by atoms with Crippen molar-refractivity contribution in [2.24, 2.45) is 20.7 Å². The standard InChI is InChI=1S/C28H30F3N7O2/c1-4-33-22-16-34-27(38-12-6-5-7-13-38)37-24(22)25(32)35-20-14-18(9-8-17(20)2)26(39)36-21-15-19(28(29,30)31)10-11-23(21)40-3/h4,8-11,14-16,35H,1,5-7,12-13,32H2,2-3H3,(H,36,39)/b25-24-,33-22-. The number of nitrogens with zero attached hydrogens (tertiary/aromatic N) is 4. The summed E-state index contributed by atoms with van der Waals surface area (Å²) in [6, 6.07) is 7.68. The molecule has 2 aromatic rings. The third-order valence-corrected chi connectivity index (χ3v) is 6.43. The van der Waals surface area contributed by atoms with Crippen LogP contribution in [0, 0.1) is 6.92 Å². The van der Waals surface area contributed by atoms with Crippen LogP contribution in [0.25, 0.3) is 0 Å². The molecule has 2 aliphatic rings. The zero-order valence-corrected chi connectivity index (χ0v) is 22.2. The number of benzene rings is 2. The van der Waals surface area contributed by atoms with Gasteiger partial charge in [0.15, 0.2) is 0 Å². The Morgan fingerprint density at radius 2 is 1.88 bits per heavy atom. The number of carbonyl (C=O) groups is 1. The monoisotopic (exact) mass is 553 g/mol. The van der Waals surface area contributed by atoms with E-state index in [4.69, 9.17) is 10.5 Å². The van der Waals surface area contributed by atoms with Gasteiger partial charge in [0, 0.05) is 30.5 Å². The fourth-order valence-corrected chi connectivity index (χ4v) is 4.28. The lowest BCUT2D eigenvalue weighted by Crippen LogP contribution is -2.37. The highest BCUT2D eigenvalue weighted by atomic mass is 19.4. The number of guanidine groups is 1. The number of hydrogen-bond acceptors (Lipinski definition) is 8. The lowest BCUT2D eigenvalue weighted by Gasteiger charge is -2.29. The van der Waals surface area contributed by atoms with Crippen LogP contribution in [-0.4, -0.2) is 48.9 Å². The number of hydrogen-bond donors (Lipinski definition) is 3. The highest BCUT2D eigenvalue weighted by Crippen LogP contribution is 2.35. The summed E-state index contributed by atoms with van der Waals surface area (Å²) >= 11 is 0. The maximum Gasteiger partial charge on any atom is 0.416 e. The number of alkyl halides is 3. The van der Waals surface area contributed by atoms with E-state index in [9.17, 15) is 18.0 Å². The van der Waals surface area contributed by atoms with Crippen molar-refractivity contribution in [2.75, 3.05) is 30.8 Å². The SMILES string of the molecule is C=C/N=C1/C=NC(N2CCCCC2)=N/C1=C(/N)Nc1cc(C(=O)Nc2cc(C(F)(F)F)ccc2OC)ccc1C. The molecule has 0 radical (unpaired) electrons. The van der Waals surface area contributed by atoms with Gasteiger partial charge >= 0.3 is 6.18 Å². The summed E-state index contributed by atoms with van der Waals surface area (Å²) in [4.78, 5) is 28.5. The molecule has 0 atom stereocenters. The molecular formula is C28H30F3N7O2. The van der Waals surface area contributed by atoms with E-state index in [-0.39, 0.29) is 22.8 Å². The zero-order chi connectivity index (χ0) is 28.9. The van der Waals surface area contributed by atoms with Crippen LogP contribution in [0.2, 0.25) is 0 Å². The summed E-state index contributed by atoms with van der Waals surface area (Å²) in [5, 5.41) is 5.61. The number of halogens is 3. The molecule has 0 unspecified atom stereocenters. The van der Waals surface area contributed by atoms with Gasteiger partial charge < -0.3 is 26.0 Å². The van der Waals surface area contributed by atoms with Crippen molar-refractivity contribution in [3.63, 3.8) is 0 Å². The van der Waals surface area contributed by atoms with Gasteiger partial charge in [0.05, 0.1) is 24.6 Å². The van der Waals surface area contributed by atoms with Gasteiger partial charge in [-0.1, -0.05) is 12.6 Å². The molecule has 4 rings (SSSR count). The van der Waals surface area contributed by atoms with E-state index in [2.05, 4.69) is 37.1 Å². The van der Waals surface area contributed by atoms with E-state index in [0.29, 0.717) is 23.1 Å². The van der Waals surface area contributed by atoms with E-state index < -0.39 is 17.6 Å². The van der Waals surface area contributed by atoms with Crippen molar-refractivity contribution in [3.05, 3.63) is 77.4 Å². The number of amides is 1. The minimum absolute atomic E-state index is 0.0937. The molecule has 40 heavy (non-hydrogen) atoms. The van der Waals surface area contributed by atoms with Gasteiger partial charge in [0.1, 0.15) is 23.0 Å². The van der Waals surface area contributed by atoms with E-state index >= 15 is 0 Å². The second kappa shape index (κ2) is 12.1. The lowest BCUT2D eigenvalue weighted by molar-refractivity contribution is -0.137. The topological polar surface area (TPSA) is 117 Å². The van der Waals surface area contributed by atoms with E-state index in [1.807, 2.05) is 6.92 Å². The van der Waals surface area contributed by atoms with E-state index in [1.54, 1.807) is 24.4 Å². The number of nitrogens with one attached hydrogen (secondary N) is 2. The Labute approximate surface area is 230 Å². The Morgan fingerprint density at radius 1 is 1.12 bits per heavy atom. The molecule has 0 spiro atoms. The minimum Gasteiger partial charge on any atom is -0.495 e. The Kier molecular flexibility index (Phi) is 8.56. The molecule has 1 fully saturated rings. The smallest absolute Gasteiger partial charge is 0.416 e. The number of methoxy groups -OCH3 is 1. The summed E-state index contributed by atoms with van der Waals surface area (Å²) < 4.78 is 44.8. The van der Waals surface area contributed by atoms with Crippen LogP contribution in [-0.2, 0) is 6.18 Å². The third-order valence-electron chi connectivity index (χ3n) is 6.43. The first-order valence-corrected chi connectivity index (χ1v) is 12.6. The van der Waals surface area contributed by atoms with Crippen LogP contribution in [0.3, 0.4) is 0 Å². The highest BCUT2D eigenvalue weighted by Gasteiger charge is 2.31. The van der Waals surface area contributed by atoms with Crippen LogP contribution in [0.1, 0.15) is 40.7 Å². The number of ether oxygens (including phenoxy) is 1. The van der Waals surface area contributed by atoms with Gasteiger partial charge in [-0.15, -0.1) is 0 Å². The molecule has 9 nitrogen and oxygen atoms in total. The molecule has 0 saturated carbocycles. The first-order valence-electron chi connectivity index (χ1n) is 12.6. The average molecular weight is 554 g/mol. The van der Waals surface area contributed by atoms with Crippen molar-refractivity contribution in [1.29, 1.82) is 0 Å². The molecule has 2 heterocycles. The highest BCUT2D eigenvalue weighted by molar-refractivity contribution is 6.41. The number of carbonyl (C=O) groups excluding carboxylic acids is 1. The van der Waals surface area contributed by atoms with Crippen LogP contribution in [0.4, 0.5) is 24.5 Å². The number of anilines is 2. The van der Waals surface area contributed by atoms with Gasteiger partial charge in [-0.05, 0) is 62.1 Å². The largest absolute Gasteiger partial charge is 0.495 e. The van der Waals surface area contributed by atoms with E-state index in [1.165, 1.54) is 13.3 Å². The molecule has 210 valence electrons. The summed E-state index contributed by atoms with van der Waals surface area (Å²) in [5.74, 6) is 0.191. The second-order valence-corrected chi connectivity index (χ2v) is 9.20. The Morgan fingerprint density at radius 3 is 2.55 bits per heavy atom. The first kappa shape index (κ1) is 28.4. The van der Waals surface area contributed by atoms with Gasteiger partial charge in [-0.25, -0.2) is 9.98 Å². The van der Waals surface area contributed by atoms with Gasteiger partial charge in [0.2, 0.25) is 5.96 Å². The molecule has 2 aliphatic heterocycles. The Hall–Kier alpha value is -4.61. The second-order valence-electron chi connectivity index (χ2n) is 9.20. The predicted molar refractivity (Wildman–Crippen MR) is 151 cm³/mol. The number of piperidine rings is 1. The van der Waals surface area contributed by atoms with Gasteiger partial charge in [0.25, 0.3) is 5.91 Å². The molecule has 0 bridgehead atoms. The van der Waals surface area contributed by atoms with Gasteiger partial charge in [-0.3, -0.25) is 9.79 Å². The Balaban J connectivity index is 1.62. The molecular weight excluding hydrogens is 523 g/mol. The van der Waals surface area contributed by atoms with Gasteiger partial charge in [-0.2, -0.15) is 13.2 Å². The number of likely N-dealkylation sites (tertiary alicyclic amines) is 1. The number of aryl methyl sites for hydroxylation is 1. The quantitative estimate of drug-likeness (QED) is 0.448. The van der Waals surface area contributed by atoms with Crippen molar-refractivity contribution in [1.82, 2.24) is 4.90 Å². The van der Waals surface area contributed by atoms with Crippen molar-refractivity contribution in [2.45, 2.75) is 32.4 Å². The molecule has 0 aromatic heterocycles. The van der Waals surface area contributed by atoms with Crippen LogP contribution in [0.5, 0.6) is 5.75 Å². The summed E-state index contributed by atoms with van der Waals surface area (Å²) in [6.07, 6.45) is 1.64. The van der Waals surface area contributed by atoms with Crippen LogP contribution < -0.4 is 21.1 Å². The third kappa shape index (κ3) is 6.50. The summed E-state index contributed by atoms with van der Waals surface area (Å²) in [7, 11) is 1.31. The molecule has 12 heteroatoms. The number of allylic oxidation sites excluding steroid dienone is 1. The fourth-order valence-electron chi connectivity index (χ4n) is 4.28. The fraction of sp³-hybridized carbons (Fsp3) is 0.286. The van der Waals surface area contributed by atoms with E-state index in [0.717, 1.165) is 56.1 Å². The predicted octanol–water partition coefficient (Wildman–Crippen LogP) is 5.33. The number of aliphatic imine (C=N–C) groups is 3. The Bertz CT molecular complexity index is 1420.